The van der Waals surface area contributed by atoms with Crippen LogP contribution in [0.15, 0.2) is 24.3 Å². The summed E-state index contributed by atoms with van der Waals surface area (Å²) in [5, 5.41) is 5.15. The standard InChI is InChI=1S/C12H14ClF3N2O/c1-8(9-3-2-4-10(13)5-9)18-11(19)6-17-7-12(14,15)16/h2-5,8,17H,6-7H2,1H3,(H,18,19)/t8-/m0/s1. The Labute approximate surface area is 114 Å². The van der Waals surface area contributed by atoms with E-state index < -0.39 is 18.6 Å². The van der Waals surface area contributed by atoms with E-state index in [1.54, 1.807) is 31.2 Å². The van der Waals surface area contributed by atoms with Gasteiger partial charge < -0.3 is 10.6 Å². The number of amides is 1. The first-order valence-corrected chi connectivity index (χ1v) is 5.98. The Kier molecular flexibility index (Phi) is 5.62. The number of hydrogen-bond donors (Lipinski definition) is 2. The van der Waals surface area contributed by atoms with Crippen molar-refractivity contribution in [2.75, 3.05) is 13.1 Å². The summed E-state index contributed by atoms with van der Waals surface area (Å²) in [5.74, 6) is -0.503. The second kappa shape index (κ2) is 6.77. The molecule has 0 fully saturated rings. The third-order valence-electron chi connectivity index (χ3n) is 2.34. The first kappa shape index (κ1) is 15.8. The molecule has 0 bridgehead atoms. The Morgan fingerprint density at radius 1 is 1.42 bits per heavy atom. The Morgan fingerprint density at radius 2 is 2.11 bits per heavy atom. The van der Waals surface area contributed by atoms with Crippen LogP contribution in [0.3, 0.4) is 0 Å². The molecule has 0 aliphatic carbocycles. The number of nitrogens with one attached hydrogen (secondary N) is 2. The fraction of sp³-hybridized carbons (Fsp3) is 0.417. The minimum atomic E-state index is -4.32. The zero-order valence-electron chi connectivity index (χ0n) is 10.2. The van der Waals surface area contributed by atoms with E-state index in [4.69, 9.17) is 11.6 Å². The van der Waals surface area contributed by atoms with Crippen LogP contribution in [-0.4, -0.2) is 25.2 Å². The molecule has 19 heavy (non-hydrogen) atoms. The quantitative estimate of drug-likeness (QED) is 0.876. The smallest absolute Gasteiger partial charge is 0.348 e. The molecule has 1 rings (SSSR count). The summed E-state index contributed by atoms with van der Waals surface area (Å²) in [6.07, 6.45) is -4.32. The van der Waals surface area contributed by atoms with Gasteiger partial charge in [-0.2, -0.15) is 13.2 Å². The van der Waals surface area contributed by atoms with Crippen LogP contribution in [0.2, 0.25) is 5.02 Å². The molecule has 0 heterocycles. The molecule has 0 spiro atoms. The molecule has 0 radical (unpaired) electrons. The second-order valence-corrected chi connectivity index (χ2v) is 4.50. The van der Waals surface area contributed by atoms with Crippen LogP contribution < -0.4 is 10.6 Å². The molecule has 3 nitrogen and oxygen atoms in total. The highest BCUT2D eigenvalue weighted by atomic mass is 35.5. The molecule has 1 aromatic rings. The molecule has 0 saturated carbocycles. The van der Waals surface area contributed by atoms with E-state index in [0.717, 1.165) is 5.56 Å². The second-order valence-electron chi connectivity index (χ2n) is 4.06. The van der Waals surface area contributed by atoms with Gasteiger partial charge in [-0.05, 0) is 24.6 Å². The Hall–Kier alpha value is -1.27. The lowest BCUT2D eigenvalue weighted by Crippen LogP contribution is -2.39. The maximum absolute atomic E-state index is 11.9. The number of alkyl halides is 3. The average Bonchev–Trinajstić information content (AvgIpc) is 2.27. The van der Waals surface area contributed by atoms with E-state index in [1.165, 1.54) is 0 Å². The molecule has 0 aliphatic heterocycles. The van der Waals surface area contributed by atoms with E-state index in [-0.39, 0.29) is 12.6 Å². The number of rotatable bonds is 5. The van der Waals surface area contributed by atoms with Crippen molar-refractivity contribution in [1.29, 1.82) is 0 Å². The number of hydrogen-bond acceptors (Lipinski definition) is 2. The molecule has 2 N–H and O–H groups in total. The summed E-state index contributed by atoms with van der Waals surface area (Å²) in [4.78, 5) is 11.4. The van der Waals surface area contributed by atoms with Crippen LogP contribution in [0.1, 0.15) is 18.5 Å². The fourth-order valence-corrected chi connectivity index (χ4v) is 1.67. The molecular formula is C12H14ClF3N2O. The third-order valence-corrected chi connectivity index (χ3v) is 2.57. The predicted octanol–water partition coefficient (Wildman–Crippen LogP) is 2.67. The van der Waals surface area contributed by atoms with Gasteiger partial charge in [0.1, 0.15) is 0 Å². The van der Waals surface area contributed by atoms with Gasteiger partial charge in [-0.15, -0.1) is 0 Å². The highest BCUT2D eigenvalue weighted by Crippen LogP contribution is 2.17. The summed E-state index contributed by atoms with van der Waals surface area (Å²) >= 11 is 5.81. The Bertz CT molecular complexity index is 437. The lowest BCUT2D eigenvalue weighted by atomic mass is 10.1. The highest BCUT2D eigenvalue weighted by Gasteiger charge is 2.26. The van der Waals surface area contributed by atoms with Crippen LogP contribution in [0, 0.1) is 0 Å². The van der Waals surface area contributed by atoms with Gasteiger partial charge >= 0.3 is 6.18 Å². The van der Waals surface area contributed by atoms with Crippen LogP contribution in [-0.2, 0) is 4.79 Å². The van der Waals surface area contributed by atoms with E-state index in [1.807, 2.05) is 5.32 Å². The van der Waals surface area contributed by atoms with Gasteiger partial charge in [0.2, 0.25) is 5.91 Å². The summed E-state index contributed by atoms with van der Waals surface area (Å²) in [7, 11) is 0. The zero-order chi connectivity index (χ0) is 14.5. The molecule has 0 aromatic heterocycles. The van der Waals surface area contributed by atoms with Crippen molar-refractivity contribution in [3.63, 3.8) is 0 Å². The van der Waals surface area contributed by atoms with Gasteiger partial charge in [0.15, 0.2) is 0 Å². The lowest BCUT2D eigenvalue weighted by molar-refractivity contribution is -0.128. The zero-order valence-corrected chi connectivity index (χ0v) is 11.0. The number of carbonyl (C=O) groups is 1. The molecule has 1 atom stereocenters. The molecule has 0 saturated heterocycles. The molecular weight excluding hydrogens is 281 g/mol. The van der Waals surface area contributed by atoms with Crippen molar-refractivity contribution in [3.8, 4) is 0 Å². The normalized spacial score (nSPS) is 13.1. The highest BCUT2D eigenvalue weighted by molar-refractivity contribution is 6.30. The maximum atomic E-state index is 11.9. The van der Waals surface area contributed by atoms with Crippen LogP contribution in [0.25, 0.3) is 0 Å². The van der Waals surface area contributed by atoms with Crippen molar-refractivity contribution >= 4 is 17.5 Å². The van der Waals surface area contributed by atoms with Gasteiger partial charge in [-0.1, -0.05) is 23.7 Å². The molecule has 1 amide bonds. The predicted molar refractivity (Wildman–Crippen MR) is 66.9 cm³/mol. The van der Waals surface area contributed by atoms with Gasteiger partial charge in [-0.3, -0.25) is 4.79 Å². The first-order chi connectivity index (χ1) is 8.78. The third kappa shape index (κ3) is 6.45. The minimum absolute atomic E-state index is 0.320. The van der Waals surface area contributed by atoms with E-state index in [0.29, 0.717) is 5.02 Å². The monoisotopic (exact) mass is 294 g/mol. The van der Waals surface area contributed by atoms with E-state index >= 15 is 0 Å². The SMILES string of the molecule is C[C@H](NC(=O)CNCC(F)(F)F)c1cccc(Cl)c1. The summed E-state index contributed by atoms with van der Waals surface area (Å²) in [6.45, 7) is 0.156. The van der Waals surface area contributed by atoms with Crippen molar-refractivity contribution < 1.29 is 18.0 Å². The van der Waals surface area contributed by atoms with Crippen molar-refractivity contribution in [3.05, 3.63) is 34.9 Å². The van der Waals surface area contributed by atoms with Gasteiger partial charge in [0, 0.05) is 5.02 Å². The lowest BCUT2D eigenvalue weighted by Gasteiger charge is -2.15. The van der Waals surface area contributed by atoms with Gasteiger partial charge in [0.05, 0.1) is 19.1 Å². The van der Waals surface area contributed by atoms with Crippen LogP contribution in [0.5, 0.6) is 0 Å². The fourth-order valence-electron chi connectivity index (χ4n) is 1.47. The molecule has 7 heteroatoms. The van der Waals surface area contributed by atoms with Crippen LogP contribution >= 0.6 is 11.6 Å². The van der Waals surface area contributed by atoms with Crippen LogP contribution in [0.4, 0.5) is 13.2 Å². The van der Waals surface area contributed by atoms with Crippen molar-refractivity contribution in [2.24, 2.45) is 0 Å². The number of halogens is 4. The van der Waals surface area contributed by atoms with Crippen molar-refractivity contribution in [1.82, 2.24) is 10.6 Å². The molecule has 1 aromatic carbocycles. The molecule has 0 unspecified atom stereocenters. The molecule has 0 aliphatic rings. The topological polar surface area (TPSA) is 41.1 Å². The average molecular weight is 295 g/mol. The first-order valence-electron chi connectivity index (χ1n) is 5.60. The Balaban J connectivity index is 2.40. The Morgan fingerprint density at radius 3 is 2.68 bits per heavy atom. The molecule has 106 valence electrons. The number of carbonyl (C=O) groups excluding carboxylic acids is 1. The summed E-state index contributed by atoms with van der Waals surface area (Å²) in [5.41, 5.74) is 0.789. The minimum Gasteiger partial charge on any atom is -0.348 e. The number of benzene rings is 1. The van der Waals surface area contributed by atoms with Crippen molar-refractivity contribution in [2.45, 2.75) is 19.1 Å². The largest absolute Gasteiger partial charge is 0.401 e. The van der Waals surface area contributed by atoms with Gasteiger partial charge in [0.25, 0.3) is 0 Å². The van der Waals surface area contributed by atoms with Gasteiger partial charge in [-0.25, -0.2) is 0 Å². The summed E-state index contributed by atoms with van der Waals surface area (Å²) in [6, 6.07) is 6.58. The maximum Gasteiger partial charge on any atom is 0.401 e. The van der Waals surface area contributed by atoms with E-state index in [2.05, 4.69) is 5.32 Å². The summed E-state index contributed by atoms with van der Waals surface area (Å²) < 4.78 is 35.6. The van der Waals surface area contributed by atoms with E-state index in [9.17, 15) is 18.0 Å².